The minimum absolute atomic E-state index is 0.172. The minimum Gasteiger partial charge on any atom is -0.372 e. The highest BCUT2D eigenvalue weighted by molar-refractivity contribution is 5.77. The first-order chi connectivity index (χ1) is 13.7. The van der Waals surface area contributed by atoms with Crippen LogP contribution in [-0.2, 0) is 9.53 Å². The molecule has 0 unspecified atom stereocenters. The number of hydrogen-bond donors (Lipinski definition) is 0. The van der Waals surface area contributed by atoms with Crippen LogP contribution in [0.5, 0.6) is 0 Å². The first-order valence-corrected chi connectivity index (χ1v) is 9.88. The summed E-state index contributed by atoms with van der Waals surface area (Å²) in [5, 5.41) is 0. The third kappa shape index (κ3) is 4.39. The Balaban J connectivity index is 1.39. The van der Waals surface area contributed by atoms with Crippen molar-refractivity contribution in [1.82, 2.24) is 14.9 Å². The Bertz CT molecular complexity index is 802. The predicted octanol–water partition coefficient (Wildman–Crippen LogP) is 2.78. The largest absolute Gasteiger partial charge is 0.372 e. The van der Waals surface area contributed by atoms with Crippen molar-refractivity contribution in [1.29, 1.82) is 0 Å². The van der Waals surface area contributed by atoms with Gasteiger partial charge in [0.2, 0.25) is 5.91 Å². The van der Waals surface area contributed by atoms with E-state index in [1.54, 1.807) is 18.6 Å². The second-order valence-corrected chi connectivity index (χ2v) is 7.42. The molecule has 0 radical (unpaired) electrons. The fourth-order valence-corrected chi connectivity index (χ4v) is 3.94. The molecule has 1 aromatic carbocycles. The van der Waals surface area contributed by atoms with E-state index in [4.69, 9.17) is 4.74 Å². The van der Waals surface area contributed by atoms with E-state index in [9.17, 15) is 4.79 Å². The van der Waals surface area contributed by atoms with Gasteiger partial charge >= 0.3 is 0 Å². The molecule has 3 heterocycles. The molecule has 1 aromatic heterocycles. The van der Waals surface area contributed by atoms with Crippen molar-refractivity contribution in [3.05, 3.63) is 60.6 Å². The monoisotopic (exact) mass is 378 g/mol. The molecule has 1 spiro atoms. The van der Waals surface area contributed by atoms with Gasteiger partial charge in [0.1, 0.15) is 5.82 Å². The molecule has 28 heavy (non-hydrogen) atoms. The number of carbonyl (C=O) groups is 1. The van der Waals surface area contributed by atoms with E-state index < -0.39 is 0 Å². The summed E-state index contributed by atoms with van der Waals surface area (Å²) in [6.07, 6.45) is 11.6. The maximum atomic E-state index is 12.6. The second kappa shape index (κ2) is 8.52. The average Bonchev–Trinajstić information content (AvgIpc) is 2.89. The number of piperidine rings is 1. The fraction of sp³-hybridized carbons (Fsp3) is 0.409. The lowest BCUT2D eigenvalue weighted by molar-refractivity contribution is -0.130. The van der Waals surface area contributed by atoms with Crippen molar-refractivity contribution in [3.8, 4) is 0 Å². The van der Waals surface area contributed by atoms with Crippen LogP contribution in [0.1, 0.15) is 24.8 Å². The number of carbonyl (C=O) groups excluding carboxylic acids is 1. The molecule has 0 saturated carbocycles. The van der Waals surface area contributed by atoms with E-state index in [1.165, 1.54) is 0 Å². The van der Waals surface area contributed by atoms with Crippen LogP contribution in [0.25, 0.3) is 6.08 Å². The van der Waals surface area contributed by atoms with Crippen molar-refractivity contribution in [3.63, 3.8) is 0 Å². The smallest absolute Gasteiger partial charge is 0.225 e. The van der Waals surface area contributed by atoms with Crippen LogP contribution in [0, 0.1) is 0 Å². The van der Waals surface area contributed by atoms with E-state index in [0.29, 0.717) is 26.1 Å². The molecule has 2 fully saturated rings. The lowest BCUT2D eigenvalue weighted by atomic mass is 9.90. The van der Waals surface area contributed by atoms with Gasteiger partial charge in [-0.1, -0.05) is 42.5 Å². The highest BCUT2D eigenvalue weighted by Crippen LogP contribution is 2.31. The zero-order valence-electron chi connectivity index (χ0n) is 16.0. The molecular formula is C22H26N4O2. The van der Waals surface area contributed by atoms with E-state index in [1.807, 2.05) is 23.1 Å². The molecule has 4 rings (SSSR count). The maximum absolute atomic E-state index is 12.6. The van der Waals surface area contributed by atoms with Gasteiger partial charge in [0.05, 0.1) is 31.4 Å². The summed E-state index contributed by atoms with van der Waals surface area (Å²) in [4.78, 5) is 25.3. The molecular weight excluding hydrogens is 352 g/mol. The number of ether oxygens (including phenoxy) is 1. The molecule has 0 aliphatic carbocycles. The van der Waals surface area contributed by atoms with Crippen molar-refractivity contribution in [2.75, 3.05) is 37.7 Å². The van der Waals surface area contributed by atoms with Gasteiger partial charge in [-0.25, -0.2) is 4.98 Å². The van der Waals surface area contributed by atoms with Gasteiger partial charge < -0.3 is 14.5 Å². The summed E-state index contributed by atoms with van der Waals surface area (Å²) < 4.78 is 6.23. The number of hydrogen-bond acceptors (Lipinski definition) is 5. The molecule has 0 atom stereocenters. The SMILES string of the molecule is O=C1CCOC2(CCN(c3cnccn3)CC2)CN1C/C=C/c1ccccc1. The summed E-state index contributed by atoms with van der Waals surface area (Å²) >= 11 is 0. The van der Waals surface area contributed by atoms with E-state index in [2.05, 4.69) is 39.2 Å². The molecule has 0 N–H and O–H groups in total. The molecule has 2 aliphatic rings. The molecule has 6 nitrogen and oxygen atoms in total. The average molecular weight is 378 g/mol. The third-order valence-corrected chi connectivity index (χ3v) is 5.54. The number of nitrogens with zero attached hydrogens (tertiary/aromatic N) is 4. The molecule has 6 heteroatoms. The van der Waals surface area contributed by atoms with Gasteiger partial charge in [-0.15, -0.1) is 0 Å². The van der Waals surface area contributed by atoms with Gasteiger partial charge in [-0.2, -0.15) is 0 Å². The molecule has 1 amide bonds. The molecule has 2 saturated heterocycles. The maximum Gasteiger partial charge on any atom is 0.225 e. The van der Waals surface area contributed by atoms with Gasteiger partial charge in [0.25, 0.3) is 0 Å². The highest BCUT2D eigenvalue weighted by atomic mass is 16.5. The Labute approximate surface area is 165 Å². The summed E-state index contributed by atoms with van der Waals surface area (Å²) in [5.74, 6) is 1.08. The van der Waals surface area contributed by atoms with Crippen molar-refractivity contribution in [2.45, 2.75) is 24.9 Å². The van der Waals surface area contributed by atoms with Crippen LogP contribution >= 0.6 is 0 Å². The highest BCUT2D eigenvalue weighted by Gasteiger charge is 2.40. The lowest BCUT2D eigenvalue weighted by Gasteiger charge is -2.42. The van der Waals surface area contributed by atoms with Gasteiger partial charge in [0, 0.05) is 32.0 Å². The Kier molecular flexibility index (Phi) is 5.67. The zero-order chi connectivity index (χ0) is 19.2. The Morgan fingerprint density at radius 1 is 1.14 bits per heavy atom. The Morgan fingerprint density at radius 2 is 1.96 bits per heavy atom. The molecule has 2 aromatic rings. The lowest BCUT2D eigenvalue weighted by Crippen LogP contribution is -2.52. The number of rotatable bonds is 4. The van der Waals surface area contributed by atoms with E-state index in [-0.39, 0.29) is 11.5 Å². The topological polar surface area (TPSA) is 58.6 Å². The number of amides is 1. The first kappa shape index (κ1) is 18.6. The summed E-state index contributed by atoms with van der Waals surface area (Å²) in [7, 11) is 0. The van der Waals surface area contributed by atoms with E-state index in [0.717, 1.165) is 37.3 Å². The van der Waals surface area contributed by atoms with Gasteiger partial charge in [0.15, 0.2) is 0 Å². The minimum atomic E-state index is -0.258. The van der Waals surface area contributed by atoms with Crippen LogP contribution < -0.4 is 4.90 Å². The van der Waals surface area contributed by atoms with Crippen LogP contribution in [0.3, 0.4) is 0 Å². The second-order valence-electron chi connectivity index (χ2n) is 7.42. The van der Waals surface area contributed by atoms with Gasteiger partial charge in [-0.05, 0) is 18.4 Å². The Hall–Kier alpha value is -2.73. The normalized spacial score (nSPS) is 19.9. The van der Waals surface area contributed by atoms with Crippen LogP contribution in [0.15, 0.2) is 55.0 Å². The first-order valence-electron chi connectivity index (χ1n) is 9.88. The fourth-order valence-electron chi connectivity index (χ4n) is 3.94. The quantitative estimate of drug-likeness (QED) is 0.819. The van der Waals surface area contributed by atoms with Crippen LogP contribution in [0.4, 0.5) is 5.82 Å². The molecule has 146 valence electrons. The van der Waals surface area contributed by atoms with E-state index >= 15 is 0 Å². The molecule has 0 bridgehead atoms. The summed E-state index contributed by atoms with van der Waals surface area (Å²) in [6.45, 7) is 3.50. The van der Waals surface area contributed by atoms with Gasteiger partial charge in [-0.3, -0.25) is 9.78 Å². The summed E-state index contributed by atoms with van der Waals surface area (Å²) in [5.41, 5.74) is 0.888. The van der Waals surface area contributed by atoms with Crippen LogP contribution in [0.2, 0.25) is 0 Å². The van der Waals surface area contributed by atoms with Crippen molar-refractivity contribution in [2.24, 2.45) is 0 Å². The predicted molar refractivity (Wildman–Crippen MR) is 109 cm³/mol. The number of aromatic nitrogens is 2. The van der Waals surface area contributed by atoms with Crippen molar-refractivity contribution < 1.29 is 9.53 Å². The summed E-state index contributed by atoms with van der Waals surface area (Å²) in [6, 6.07) is 10.2. The van der Waals surface area contributed by atoms with Crippen molar-refractivity contribution >= 4 is 17.8 Å². The number of anilines is 1. The molecule has 2 aliphatic heterocycles. The standard InChI is InChI=1S/C22H26N4O2/c27-21-8-16-28-22(9-14-25(15-10-22)20-17-23-11-12-24-20)18-26(21)13-4-7-19-5-2-1-3-6-19/h1-7,11-12,17H,8-10,13-16,18H2/b7-4+. The zero-order valence-corrected chi connectivity index (χ0v) is 16.0. The third-order valence-electron chi connectivity index (χ3n) is 5.54. The number of benzene rings is 1. The Morgan fingerprint density at radius 3 is 2.71 bits per heavy atom. The van der Waals surface area contributed by atoms with Crippen LogP contribution in [-0.4, -0.2) is 59.2 Å².